The van der Waals surface area contributed by atoms with E-state index in [1.165, 1.54) is 29.2 Å². The fourth-order valence-electron chi connectivity index (χ4n) is 5.40. The summed E-state index contributed by atoms with van der Waals surface area (Å²) in [6.07, 6.45) is 0.614. The van der Waals surface area contributed by atoms with Crippen LogP contribution in [0.1, 0.15) is 34.7 Å². The number of aliphatic hydroxyl groups excluding tert-OH is 1. The quantitative estimate of drug-likeness (QED) is 0.123. The Morgan fingerprint density at radius 1 is 1.02 bits per heavy atom. The zero-order valence-electron chi connectivity index (χ0n) is 23.4. The van der Waals surface area contributed by atoms with E-state index in [1.54, 1.807) is 25.1 Å². The summed E-state index contributed by atoms with van der Waals surface area (Å²) >= 11 is 0. The summed E-state index contributed by atoms with van der Waals surface area (Å²) in [5.41, 5.74) is 2.44. The largest absolute Gasteiger partial charge is 0.507 e. The molecular weight excluding hydrogens is 538 g/mol. The Hall–Kier alpha value is -4.54. The molecule has 2 aliphatic rings. The summed E-state index contributed by atoms with van der Waals surface area (Å²) in [7, 11) is 0. The number of hydrogen-bond donors (Lipinski definition) is 1. The number of aliphatic hydroxyl groups is 1. The van der Waals surface area contributed by atoms with Crippen LogP contribution in [0.3, 0.4) is 0 Å². The summed E-state index contributed by atoms with van der Waals surface area (Å²) < 4.78 is 11.3. The molecule has 0 saturated carbocycles. The first-order valence-electron chi connectivity index (χ1n) is 13.9. The number of non-ortho nitro benzene ring substituents is 1. The van der Waals surface area contributed by atoms with Gasteiger partial charge in [0, 0.05) is 43.9 Å². The van der Waals surface area contributed by atoms with E-state index in [-0.39, 0.29) is 23.6 Å². The Morgan fingerprint density at radius 2 is 1.74 bits per heavy atom. The Bertz CT molecular complexity index is 1480. The van der Waals surface area contributed by atoms with Gasteiger partial charge in [0.2, 0.25) is 0 Å². The van der Waals surface area contributed by atoms with E-state index in [0.717, 1.165) is 25.2 Å². The highest BCUT2D eigenvalue weighted by molar-refractivity contribution is 6.46. The maximum atomic E-state index is 13.4. The van der Waals surface area contributed by atoms with Crippen LogP contribution in [0.25, 0.3) is 5.76 Å². The van der Waals surface area contributed by atoms with Crippen molar-refractivity contribution in [2.75, 3.05) is 39.4 Å². The Balaban J connectivity index is 1.44. The number of morpholine rings is 1. The van der Waals surface area contributed by atoms with Gasteiger partial charge >= 0.3 is 0 Å². The molecule has 2 heterocycles. The number of aryl methyl sites for hydroxylation is 1. The maximum absolute atomic E-state index is 13.4. The van der Waals surface area contributed by atoms with E-state index in [4.69, 9.17) is 9.47 Å². The summed E-state index contributed by atoms with van der Waals surface area (Å²) in [5.74, 6) is -1.18. The van der Waals surface area contributed by atoms with E-state index in [0.29, 0.717) is 48.7 Å². The first kappa shape index (κ1) is 29.0. The van der Waals surface area contributed by atoms with Gasteiger partial charge in [0.05, 0.1) is 29.8 Å². The Kier molecular flexibility index (Phi) is 8.94. The van der Waals surface area contributed by atoms with Crippen molar-refractivity contribution in [1.82, 2.24) is 9.80 Å². The molecule has 0 unspecified atom stereocenters. The smallest absolute Gasteiger partial charge is 0.295 e. The van der Waals surface area contributed by atoms with E-state index < -0.39 is 22.7 Å². The van der Waals surface area contributed by atoms with Crippen molar-refractivity contribution < 1.29 is 29.1 Å². The highest BCUT2D eigenvalue weighted by Crippen LogP contribution is 2.40. The molecule has 1 amide bonds. The van der Waals surface area contributed by atoms with Gasteiger partial charge in [-0.2, -0.15) is 0 Å². The predicted molar refractivity (Wildman–Crippen MR) is 156 cm³/mol. The fraction of sp³-hybridized carbons (Fsp3) is 0.312. The van der Waals surface area contributed by atoms with Crippen LogP contribution in [0.4, 0.5) is 5.69 Å². The highest BCUT2D eigenvalue weighted by Gasteiger charge is 2.46. The van der Waals surface area contributed by atoms with Gasteiger partial charge < -0.3 is 19.5 Å². The number of carbonyl (C=O) groups is 2. The predicted octanol–water partition coefficient (Wildman–Crippen LogP) is 4.63. The van der Waals surface area contributed by atoms with Gasteiger partial charge in [0.25, 0.3) is 17.4 Å². The van der Waals surface area contributed by atoms with Crippen LogP contribution in [0, 0.1) is 17.0 Å². The first-order valence-corrected chi connectivity index (χ1v) is 13.9. The minimum atomic E-state index is -0.885. The number of Topliss-reactive ketones (excluding diaryl/α,β-unsaturated/α-hetero) is 1. The van der Waals surface area contributed by atoms with Crippen molar-refractivity contribution in [3.63, 3.8) is 0 Å². The number of benzene rings is 3. The monoisotopic (exact) mass is 571 g/mol. The number of ether oxygens (including phenoxy) is 2. The van der Waals surface area contributed by atoms with Crippen molar-refractivity contribution in [3.8, 4) is 5.75 Å². The van der Waals surface area contributed by atoms with Crippen LogP contribution in [0.15, 0.2) is 78.4 Å². The van der Waals surface area contributed by atoms with Crippen molar-refractivity contribution in [1.29, 1.82) is 0 Å². The lowest BCUT2D eigenvalue weighted by molar-refractivity contribution is -0.384. The van der Waals surface area contributed by atoms with E-state index in [2.05, 4.69) is 4.90 Å². The molecule has 2 fully saturated rings. The van der Waals surface area contributed by atoms with Crippen LogP contribution in [0.5, 0.6) is 5.75 Å². The molecule has 0 radical (unpaired) electrons. The zero-order valence-corrected chi connectivity index (χ0v) is 23.4. The molecule has 3 aromatic carbocycles. The molecule has 1 atom stereocenters. The van der Waals surface area contributed by atoms with Gasteiger partial charge in [-0.05, 0) is 60.4 Å². The first-order chi connectivity index (χ1) is 20.3. The molecule has 0 aromatic heterocycles. The molecular formula is C32H33N3O7. The normalized spacial score (nSPS) is 18.8. The number of nitro groups is 1. The minimum Gasteiger partial charge on any atom is -0.507 e. The second-order valence-corrected chi connectivity index (χ2v) is 10.4. The third kappa shape index (κ3) is 6.35. The van der Waals surface area contributed by atoms with E-state index in [9.17, 15) is 24.8 Å². The van der Waals surface area contributed by atoms with Crippen LogP contribution in [-0.2, 0) is 20.9 Å². The lowest BCUT2D eigenvalue weighted by Gasteiger charge is -2.29. The van der Waals surface area contributed by atoms with Crippen molar-refractivity contribution in [2.24, 2.45) is 0 Å². The lowest BCUT2D eigenvalue weighted by Crippen LogP contribution is -2.38. The Labute approximate surface area is 243 Å². The molecule has 0 spiro atoms. The van der Waals surface area contributed by atoms with Crippen LogP contribution in [0.2, 0.25) is 0 Å². The van der Waals surface area contributed by atoms with Crippen molar-refractivity contribution in [3.05, 3.63) is 111 Å². The van der Waals surface area contributed by atoms with Gasteiger partial charge in [-0.15, -0.1) is 0 Å². The average molecular weight is 572 g/mol. The molecule has 10 nitrogen and oxygen atoms in total. The Morgan fingerprint density at radius 3 is 2.40 bits per heavy atom. The molecule has 10 heteroatoms. The number of amides is 1. The number of ketones is 1. The molecule has 0 aliphatic carbocycles. The second kappa shape index (κ2) is 13.0. The summed E-state index contributed by atoms with van der Waals surface area (Å²) in [6.45, 7) is 6.09. The number of hydrogen-bond acceptors (Lipinski definition) is 8. The summed E-state index contributed by atoms with van der Waals surface area (Å²) in [4.78, 5) is 41.2. The molecule has 5 rings (SSSR count). The molecule has 2 saturated heterocycles. The minimum absolute atomic E-state index is 0.0405. The molecule has 42 heavy (non-hydrogen) atoms. The summed E-state index contributed by atoms with van der Waals surface area (Å²) in [6, 6.07) is 19.7. The van der Waals surface area contributed by atoms with Crippen molar-refractivity contribution in [2.45, 2.75) is 26.0 Å². The van der Waals surface area contributed by atoms with Crippen LogP contribution in [-0.4, -0.2) is 70.9 Å². The van der Waals surface area contributed by atoms with E-state index in [1.807, 2.05) is 30.3 Å². The fourth-order valence-corrected chi connectivity index (χ4v) is 5.40. The summed E-state index contributed by atoms with van der Waals surface area (Å²) in [5, 5.41) is 22.8. The standard InChI is InChI=1S/C32H33N3O7/c1-22-20-26(42-21-23-6-3-2-4-7-23)12-13-27(22)30(36)28-29(24-8-10-25(11-9-24)35(39)40)34(32(38)31(28)37)15-5-14-33-16-18-41-19-17-33/h2-4,6-13,20,29,36H,5,14-19,21H2,1H3/b30-28+/t29-/m0/s1. The molecule has 2 aliphatic heterocycles. The second-order valence-electron chi connectivity index (χ2n) is 10.4. The molecule has 1 N–H and O–H groups in total. The number of nitro benzene ring substituents is 1. The average Bonchev–Trinajstić information content (AvgIpc) is 3.26. The maximum Gasteiger partial charge on any atom is 0.295 e. The van der Waals surface area contributed by atoms with Gasteiger partial charge in [-0.1, -0.05) is 30.3 Å². The number of likely N-dealkylation sites (tertiary alicyclic amines) is 1. The van der Waals surface area contributed by atoms with Crippen LogP contribution < -0.4 is 4.74 Å². The molecule has 3 aromatic rings. The van der Waals surface area contributed by atoms with Gasteiger partial charge in [-0.25, -0.2) is 0 Å². The van der Waals surface area contributed by atoms with E-state index >= 15 is 0 Å². The topological polar surface area (TPSA) is 122 Å². The number of nitrogens with zero attached hydrogens (tertiary/aromatic N) is 3. The van der Waals surface area contributed by atoms with Crippen LogP contribution >= 0.6 is 0 Å². The van der Waals surface area contributed by atoms with Gasteiger partial charge in [0.1, 0.15) is 18.1 Å². The van der Waals surface area contributed by atoms with Crippen molar-refractivity contribution >= 4 is 23.1 Å². The third-order valence-electron chi connectivity index (χ3n) is 7.64. The SMILES string of the molecule is Cc1cc(OCc2ccccc2)ccc1/C(O)=C1\C(=O)C(=O)N(CCCN2CCOCC2)[C@H]1c1ccc([N+](=O)[O-])cc1. The zero-order chi connectivity index (χ0) is 29.6. The molecule has 218 valence electrons. The number of carbonyl (C=O) groups excluding carboxylic acids is 2. The lowest BCUT2D eigenvalue weighted by atomic mass is 9.93. The number of rotatable bonds is 10. The van der Waals surface area contributed by atoms with Gasteiger partial charge in [0.15, 0.2) is 0 Å². The molecule has 0 bridgehead atoms. The highest BCUT2D eigenvalue weighted by atomic mass is 16.6. The third-order valence-corrected chi connectivity index (χ3v) is 7.64. The van der Waals surface area contributed by atoms with Gasteiger partial charge in [-0.3, -0.25) is 24.6 Å².